The lowest BCUT2D eigenvalue weighted by molar-refractivity contribution is -0.136. The van der Waals surface area contributed by atoms with Crippen molar-refractivity contribution in [2.75, 3.05) is 27.3 Å². The minimum Gasteiger partial charge on any atom is -0.453 e. The predicted octanol–water partition coefficient (Wildman–Crippen LogP) is 8.75. The van der Waals surface area contributed by atoms with Crippen LogP contribution in [0.2, 0.25) is 0 Å². The molecule has 4 bridgehead atoms. The van der Waals surface area contributed by atoms with Crippen molar-refractivity contribution in [1.82, 2.24) is 40.4 Å². The van der Waals surface area contributed by atoms with Gasteiger partial charge in [0, 0.05) is 13.1 Å². The van der Waals surface area contributed by atoms with Gasteiger partial charge in [-0.15, -0.1) is 0 Å². The van der Waals surface area contributed by atoms with Crippen molar-refractivity contribution in [1.29, 1.82) is 0 Å². The summed E-state index contributed by atoms with van der Waals surface area (Å²) in [6.45, 7) is 8.88. The summed E-state index contributed by atoms with van der Waals surface area (Å²) in [7, 11) is 2.61. The lowest BCUT2D eigenvalue weighted by atomic mass is 9.87. The standard InChI is InChI=1S/C52H60N8O6/c1-29(2)45(57-51(63)65-5)49(61)59-23-7-9-43(59)47-53-39-21-19-35(27-41(39)55-47)37-25-31-11-15-33(37)17-13-32-12-16-34(18-14-31)38(26-32)36-20-22-40-42(28-36)56-48(54-40)44-10-8-24-60(44)50(62)46(30(3)4)58-52(64)66-6/h11-12,15-16,19-22,25-30,43-46H,7-10,13-14,17-18,23-24H2,1-6H3,(H,53,55)(H,54,56)(H,57,63)(H,58,64)/t43-,44-,45-,46-/m0/s1. The fourth-order valence-corrected chi connectivity index (χ4v) is 10.2. The summed E-state index contributed by atoms with van der Waals surface area (Å²) in [6.07, 6.45) is 5.52. The Morgan fingerprint density at radius 1 is 0.591 bits per heavy atom. The topological polar surface area (TPSA) is 175 Å². The number of aryl methyl sites for hydroxylation is 4. The SMILES string of the molecule is COC(=O)N[C@H](C(=O)N1CCC[C@H]1c1nc2ccc(-c3cc4ccc3CCc3ccc(c(-c5ccc6nc([C@@H]7CCCN7C(=O)[C@@H](NC(=O)OC)C(C)C)[nH]c6c5)c3)CC4)cc2[nH]1)C(C)C. The average molecular weight is 893 g/mol. The molecule has 4 N–H and O–H groups in total. The number of benzene rings is 4. The molecule has 4 amide bonds. The van der Waals surface area contributed by atoms with Crippen LogP contribution in [0.5, 0.6) is 0 Å². The maximum Gasteiger partial charge on any atom is 0.407 e. The molecule has 14 heteroatoms. The van der Waals surface area contributed by atoms with E-state index in [2.05, 4.69) is 93.4 Å². The van der Waals surface area contributed by atoms with Crippen molar-refractivity contribution in [3.8, 4) is 22.3 Å². The van der Waals surface area contributed by atoms with E-state index in [1.807, 2.05) is 37.5 Å². The van der Waals surface area contributed by atoms with Crippen molar-refractivity contribution in [2.45, 2.75) is 103 Å². The van der Waals surface area contributed by atoms with E-state index < -0.39 is 24.3 Å². The van der Waals surface area contributed by atoms with Gasteiger partial charge < -0.3 is 39.9 Å². The van der Waals surface area contributed by atoms with Gasteiger partial charge in [-0.25, -0.2) is 19.6 Å². The zero-order valence-corrected chi connectivity index (χ0v) is 38.7. The number of aromatic nitrogens is 4. The number of H-pyrrole nitrogens is 2. The number of rotatable bonds is 10. The van der Waals surface area contributed by atoms with Crippen LogP contribution in [0, 0.1) is 11.8 Å². The third-order valence-electron chi connectivity index (χ3n) is 13.8. The van der Waals surface area contributed by atoms with Gasteiger partial charge in [-0.05, 0) is 132 Å². The molecule has 0 unspecified atom stereocenters. The van der Waals surface area contributed by atoms with Gasteiger partial charge in [-0.1, -0.05) is 76.2 Å². The molecular weight excluding hydrogens is 833 g/mol. The number of carbonyl (C=O) groups excluding carboxylic acids is 4. The summed E-state index contributed by atoms with van der Waals surface area (Å²) in [5.41, 5.74) is 13.3. The molecule has 6 aromatic rings. The van der Waals surface area contributed by atoms with Crippen LogP contribution in [-0.2, 0) is 44.7 Å². The number of fused-ring (bicyclic) bond motifs is 2. The normalized spacial score (nSPS) is 18.2. The molecular formula is C52H60N8O6. The van der Waals surface area contributed by atoms with Gasteiger partial charge in [0.05, 0.1) is 48.4 Å². The van der Waals surface area contributed by atoms with E-state index in [1.165, 1.54) is 47.6 Å². The maximum atomic E-state index is 13.8. The Bertz CT molecular complexity index is 2620. The van der Waals surface area contributed by atoms with Crippen LogP contribution < -0.4 is 10.6 Å². The number of nitrogens with zero attached hydrogens (tertiary/aromatic N) is 4. The summed E-state index contributed by atoms with van der Waals surface area (Å²) in [4.78, 5) is 72.7. The highest BCUT2D eigenvalue weighted by Crippen LogP contribution is 2.37. The van der Waals surface area contributed by atoms with Crippen molar-refractivity contribution in [3.05, 3.63) is 107 Å². The first-order valence-corrected chi connectivity index (χ1v) is 23.4. The van der Waals surface area contributed by atoms with Crippen LogP contribution in [0.15, 0.2) is 72.8 Å². The van der Waals surface area contributed by atoms with Crippen LogP contribution in [0.4, 0.5) is 9.59 Å². The van der Waals surface area contributed by atoms with Crippen LogP contribution in [0.3, 0.4) is 0 Å². The molecule has 4 aromatic carbocycles. The molecule has 2 aromatic heterocycles. The van der Waals surface area contributed by atoms with Crippen LogP contribution in [-0.4, -0.2) is 93.1 Å². The number of methoxy groups -OCH3 is 2. The average Bonchev–Trinajstić information content (AvgIpc) is 4.15. The number of likely N-dealkylation sites (tertiary alicyclic amines) is 2. The number of ether oxygens (including phenoxy) is 2. The van der Waals surface area contributed by atoms with Gasteiger partial charge in [0.1, 0.15) is 23.7 Å². The van der Waals surface area contributed by atoms with E-state index in [1.54, 1.807) is 0 Å². The van der Waals surface area contributed by atoms with Crippen molar-refractivity contribution in [3.63, 3.8) is 0 Å². The number of aromatic amines is 2. The molecule has 6 aliphatic rings. The minimum atomic E-state index is -0.692. The Labute approximate surface area is 385 Å². The fraction of sp³-hybridized carbons (Fsp3) is 0.423. The third-order valence-corrected chi connectivity index (χ3v) is 13.8. The highest BCUT2D eigenvalue weighted by Gasteiger charge is 2.39. The van der Waals surface area contributed by atoms with Crippen molar-refractivity contribution >= 4 is 46.1 Å². The van der Waals surface area contributed by atoms with Gasteiger partial charge in [0.15, 0.2) is 0 Å². The molecule has 2 aliphatic heterocycles. The Balaban J connectivity index is 0.941. The lowest BCUT2D eigenvalue weighted by Crippen LogP contribution is -2.51. The lowest BCUT2D eigenvalue weighted by Gasteiger charge is -2.29. The summed E-state index contributed by atoms with van der Waals surface area (Å²) in [6, 6.07) is 24.8. The Kier molecular flexibility index (Phi) is 12.6. The Morgan fingerprint density at radius 3 is 1.41 bits per heavy atom. The zero-order chi connectivity index (χ0) is 46.2. The molecule has 0 spiro atoms. The number of amides is 4. The van der Waals surface area contributed by atoms with Crippen molar-refractivity contribution in [2.24, 2.45) is 11.8 Å². The molecule has 2 fully saturated rings. The first kappa shape index (κ1) is 44.5. The molecule has 66 heavy (non-hydrogen) atoms. The predicted molar refractivity (Wildman–Crippen MR) is 254 cm³/mol. The highest BCUT2D eigenvalue weighted by molar-refractivity contribution is 5.88. The fourth-order valence-electron chi connectivity index (χ4n) is 10.2. The third kappa shape index (κ3) is 8.84. The van der Waals surface area contributed by atoms with Crippen LogP contribution in [0.1, 0.15) is 99.4 Å². The number of alkyl carbamates (subject to hydrolysis) is 2. The second kappa shape index (κ2) is 18.7. The summed E-state index contributed by atoms with van der Waals surface area (Å²) in [5.74, 6) is 1.05. The summed E-state index contributed by atoms with van der Waals surface area (Å²) < 4.78 is 9.64. The van der Waals surface area contributed by atoms with Gasteiger partial charge in [-0.3, -0.25) is 9.59 Å². The highest BCUT2D eigenvalue weighted by atomic mass is 16.5. The molecule has 4 atom stereocenters. The molecule has 344 valence electrons. The Hall–Kier alpha value is -6.70. The number of hydrogen-bond donors (Lipinski definition) is 4. The number of imidazole rings is 2. The van der Waals surface area contributed by atoms with Crippen molar-refractivity contribution < 1.29 is 28.7 Å². The molecule has 4 heterocycles. The minimum absolute atomic E-state index is 0.108. The number of carbonyl (C=O) groups is 4. The monoisotopic (exact) mass is 892 g/mol. The van der Waals surface area contributed by atoms with Gasteiger partial charge >= 0.3 is 12.2 Å². The van der Waals surface area contributed by atoms with E-state index >= 15 is 0 Å². The smallest absolute Gasteiger partial charge is 0.407 e. The Morgan fingerprint density at radius 2 is 1.02 bits per heavy atom. The number of nitrogens with one attached hydrogen (secondary N) is 4. The first-order chi connectivity index (χ1) is 31.9. The van der Waals surface area contributed by atoms with Gasteiger partial charge in [0.2, 0.25) is 11.8 Å². The summed E-state index contributed by atoms with van der Waals surface area (Å²) in [5, 5.41) is 5.48. The largest absolute Gasteiger partial charge is 0.453 e. The number of hydrogen-bond acceptors (Lipinski definition) is 8. The molecule has 4 aliphatic carbocycles. The second-order valence-electron chi connectivity index (χ2n) is 18.8. The van der Waals surface area contributed by atoms with E-state index in [0.717, 1.165) is 96.2 Å². The zero-order valence-electron chi connectivity index (χ0n) is 38.7. The van der Waals surface area contributed by atoms with E-state index in [0.29, 0.717) is 13.1 Å². The molecule has 0 saturated carbocycles. The first-order valence-electron chi connectivity index (χ1n) is 23.4. The molecule has 2 saturated heterocycles. The maximum absolute atomic E-state index is 13.8. The summed E-state index contributed by atoms with van der Waals surface area (Å²) >= 11 is 0. The van der Waals surface area contributed by atoms with Gasteiger partial charge in [-0.2, -0.15) is 0 Å². The molecule has 12 rings (SSSR count). The van der Waals surface area contributed by atoms with Crippen LogP contribution in [0.25, 0.3) is 44.3 Å². The molecule has 14 nitrogen and oxygen atoms in total. The van der Waals surface area contributed by atoms with Crippen LogP contribution >= 0.6 is 0 Å². The van der Waals surface area contributed by atoms with E-state index in [9.17, 15) is 19.2 Å². The quantitative estimate of drug-likeness (QED) is 0.106. The van der Waals surface area contributed by atoms with E-state index in [4.69, 9.17) is 19.4 Å². The van der Waals surface area contributed by atoms with E-state index in [-0.39, 0.29) is 35.7 Å². The molecule has 0 radical (unpaired) electrons. The van der Waals surface area contributed by atoms with Gasteiger partial charge in [0.25, 0.3) is 0 Å². The second-order valence-corrected chi connectivity index (χ2v) is 18.8.